The fraction of sp³-hybridized carbons (Fsp3) is 0.300. The SMILES string of the molecule is COC(=O)c1ccc(COC(=O)C2(S(=O)(=O)c3ccc(Cl)cc3)CCC2)cc1. The van der Waals surface area contributed by atoms with Crippen LogP contribution in [-0.4, -0.2) is 32.2 Å². The second-order valence-electron chi connectivity index (χ2n) is 6.57. The Morgan fingerprint density at radius 2 is 1.64 bits per heavy atom. The van der Waals surface area contributed by atoms with Crippen molar-refractivity contribution in [1.82, 2.24) is 0 Å². The smallest absolute Gasteiger partial charge is 0.337 e. The van der Waals surface area contributed by atoms with Gasteiger partial charge in [-0.05, 0) is 61.2 Å². The molecule has 0 unspecified atom stereocenters. The molecule has 0 heterocycles. The third kappa shape index (κ3) is 3.64. The Balaban J connectivity index is 1.74. The molecule has 1 saturated carbocycles. The molecular formula is C20H19ClO6S. The van der Waals surface area contributed by atoms with Gasteiger partial charge in [0, 0.05) is 5.02 Å². The van der Waals surface area contributed by atoms with Crippen LogP contribution >= 0.6 is 11.6 Å². The topological polar surface area (TPSA) is 86.7 Å². The molecule has 0 saturated heterocycles. The standard InChI is InChI=1S/C20H19ClO6S/c1-26-18(22)15-5-3-14(4-6-15)13-27-19(23)20(11-2-12-20)28(24,25)17-9-7-16(21)8-10-17/h3-10H,2,11-13H2,1H3. The first kappa shape index (κ1) is 20.4. The summed E-state index contributed by atoms with van der Waals surface area (Å²) in [4.78, 5) is 24.2. The molecule has 1 aliphatic carbocycles. The molecule has 1 fully saturated rings. The Bertz CT molecular complexity index is 976. The van der Waals surface area contributed by atoms with E-state index < -0.39 is 26.5 Å². The van der Waals surface area contributed by atoms with E-state index in [1.165, 1.54) is 31.4 Å². The van der Waals surface area contributed by atoms with Crippen LogP contribution in [0.1, 0.15) is 35.2 Å². The zero-order chi connectivity index (χ0) is 20.4. The second-order valence-corrected chi connectivity index (χ2v) is 9.27. The number of hydrogen-bond donors (Lipinski definition) is 0. The Hall–Kier alpha value is -2.38. The summed E-state index contributed by atoms with van der Waals surface area (Å²) >= 11 is 5.83. The third-order valence-electron chi connectivity index (χ3n) is 4.92. The number of ether oxygens (including phenoxy) is 2. The molecule has 0 bridgehead atoms. The number of sulfone groups is 1. The lowest BCUT2D eigenvalue weighted by Gasteiger charge is -2.38. The summed E-state index contributed by atoms with van der Waals surface area (Å²) < 4.78 is 34.5. The van der Waals surface area contributed by atoms with Gasteiger partial charge in [0.2, 0.25) is 0 Å². The summed E-state index contributed by atoms with van der Waals surface area (Å²) in [6.45, 7) is -0.0851. The first-order valence-corrected chi connectivity index (χ1v) is 10.5. The molecule has 3 rings (SSSR count). The highest BCUT2D eigenvalue weighted by Gasteiger charge is 2.57. The molecule has 0 atom stereocenters. The number of rotatable bonds is 6. The lowest BCUT2D eigenvalue weighted by Crippen LogP contribution is -2.52. The maximum atomic E-state index is 13.1. The number of halogens is 1. The molecule has 0 N–H and O–H groups in total. The van der Waals surface area contributed by atoms with Crippen LogP contribution in [0.3, 0.4) is 0 Å². The van der Waals surface area contributed by atoms with Gasteiger partial charge in [-0.15, -0.1) is 0 Å². The number of esters is 2. The van der Waals surface area contributed by atoms with Crippen LogP contribution in [0, 0.1) is 0 Å². The van der Waals surface area contributed by atoms with Gasteiger partial charge in [-0.1, -0.05) is 23.7 Å². The van der Waals surface area contributed by atoms with E-state index in [2.05, 4.69) is 4.74 Å². The Kier molecular flexibility index (Phi) is 5.76. The highest BCUT2D eigenvalue weighted by Crippen LogP contribution is 2.44. The van der Waals surface area contributed by atoms with E-state index >= 15 is 0 Å². The highest BCUT2D eigenvalue weighted by atomic mass is 35.5. The molecule has 0 radical (unpaired) electrons. The summed E-state index contributed by atoms with van der Waals surface area (Å²) in [5, 5.41) is 0.416. The average molecular weight is 423 g/mol. The van der Waals surface area contributed by atoms with Crippen LogP contribution in [0.25, 0.3) is 0 Å². The van der Waals surface area contributed by atoms with Gasteiger partial charge in [0.05, 0.1) is 17.6 Å². The summed E-state index contributed by atoms with van der Waals surface area (Å²) in [5.41, 5.74) is 1.01. The van der Waals surface area contributed by atoms with Crippen molar-refractivity contribution >= 4 is 33.4 Å². The summed E-state index contributed by atoms with van der Waals surface area (Å²) in [6, 6.07) is 12.1. The van der Waals surface area contributed by atoms with Gasteiger partial charge in [0.25, 0.3) is 0 Å². The third-order valence-corrected chi connectivity index (χ3v) is 7.67. The van der Waals surface area contributed by atoms with E-state index in [0.717, 1.165) is 0 Å². The molecule has 28 heavy (non-hydrogen) atoms. The largest absolute Gasteiger partial charge is 0.465 e. The van der Waals surface area contributed by atoms with E-state index in [1.54, 1.807) is 24.3 Å². The van der Waals surface area contributed by atoms with Crippen molar-refractivity contribution in [1.29, 1.82) is 0 Å². The Labute approximate surface area is 168 Å². The van der Waals surface area contributed by atoms with Gasteiger partial charge in [-0.25, -0.2) is 13.2 Å². The number of methoxy groups -OCH3 is 1. The van der Waals surface area contributed by atoms with Crippen molar-refractivity contribution in [3.8, 4) is 0 Å². The van der Waals surface area contributed by atoms with Crippen molar-refractivity contribution in [2.24, 2.45) is 0 Å². The highest BCUT2D eigenvalue weighted by molar-refractivity contribution is 7.93. The van der Waals surface area contributed by atoms with E-state index in [0.29, 0.717) is 22.6 Å². The Morgan fingerprint density at radius 3 is 2.14 bits per heavy atom. The number of carbonyl (C=O) groups is 2. The minimum absolute atomic E-state index is 0.0518. The van der Waals surface area contributed by atoms with Crippen molar-refractivity contribution < 1.29 is 27.5 Å². The Morgan fingerprint density at radius 1 is 1.04 bits per heavy atom. The van der Waals surface area contributed by atoms with Gasteiger partial charge in [-0.3, -0.25) is 4.79 Å². The number of hydrogen-bond acceptors (Lipinski definition) is 6. The zero-order valence-corrected chi connectivity index (χ0v) is 16.8. The van der Waals surface area contributed by atoms with E-state index in [1.807, 2.05) is 0 Å². The molecule has 0 spiro atoms. The summed E-state index contributed by atoms with van der Waals surface area (Å²) in [5.74, 6) is -1.23. The maximum Gasteiger partial charge on any atom is 0.337 e. The van der Waals surface area contributed by atoms with E-state index in [9.17, 15) is 18.0 Å². The first-order valence-electron chi connectivity index (χ1n) is 8.65. The van der Waals surface area contributed by atoms with Gasteiger partial charge in [0.15, 0.2) is 14.6 Å². The van der Waals surface area contributed by atoms with Gasteiger partial charge in [0.1, 0.15) is 6.61 Å². The minimum atomic E-state index is -3.90. The number of carbonyl (C=O) groups excluding carboxylic acids is 2. The van der Waals surface area contributed by atoms with Crippen LogP contribution < -0.4 is 0 Å². The average Bonchev–Trinajstić information content (AvgIpc) is 2.65. The zero-order valence-electron chi connectivity index (χ0n) is 15.2. The predicted molar refractivity (Wildman–Crippen MR) is 103 cm³/mol. The van der Waals surface area contributed by atoms with Crippen LogP contribution in [0.5, 0.6) is 0 Å². The molecule has 2 aromatic rings. The molecule has 6 nitrogen and oxygen atoms in total. The fourth-order valence-corrected chi connectivity index (χ4v) is 5.23. The maximum absolute atomic E-state index is 13.1. The van der Waals surface area contributed by atoms with Crippen molar-refractivity contribution in [3.05, 3.63) is 64.7 Å². The minimum Gasteiger partial charge on any atom is -0.465 e. The normalized spacial score (nSPS) is 15.4. The first-order chi connectivity index (χ1) is 13.3. The number of benzene rings is 2. The molecule has 0 aliphatic heterocycles. The monoisotopic (exact) mass is 422 g/mol. The fourth-order valence-electron chi connectivity index (χ4n) is 3.06. The molecule has 2 aromatic carbocycles. The van der Waals surface area contributed by atoms with Crippen LogP contribution in [0.15, 0.2) is 53.4 Å². The molecular weight excluding hydrogens is 404 g/mol. The van der Waals surface area contributed by atoms with Crippen molar-refractivity contribution in [3.63, 3.8) is 0 Å². The van der Waals surface area contributed by atoms with E-state index in [-0.39, 0.29) is 24.3 Å². The molecule has 0 aromatic heterocycles. The van der Waals surface area contributed by atoms with Crippen molar-refractivity contribution in [2.75, 3.05) is 7.11 Å². The molecule has 0 amide bonds. The lowest BCUT2D eigenvalue weighted by molar-refractivity contribution is -0.150. The summed E-state index contributed by atoms with van der Waals surface area (Å²) in [6.07, 6.45) is 1.08. The quantitative estimate of drug-likeness (QED) is 0.661. The van der Waals surface area contributed by atoms with Crippen molar-refractivity contribution in [2.45, 2.75) is 35.5 Å². The molecule has 1 aliphatic rings. The van der Waals surface area contributed by atoms with Crippen LogP contribution in [0.4, 0.5) is 0 Å². The predicted octanol–water partition coefficient (Wildman–Crippen LogP) is 3.57. The van der Waals surface area contributed by atoms with Gasteiger partial charge < -0.3 is 9.47 Å². The van der Waals surface area contributed by atoms with Crippen LogP contribution in [-0.2, 0) is 30.7 Å². The second kappa shape index (κ2) is 7.93. The molecule has 8 heteroatoms. The van der Waals surface area contributed by atoms with Gasteiger partial charge in [-0.2, -0.15) is 0 Å². The lowest BCUT2D eigenvalue weighted by atomic mass is 9.84. The molecule has 148 valence electrons. The summed E-state index contributed by atoms with van der Waals surface area (Å²) in [7, 11) is -2.61. The van der Waals surface area contributed by atoms with Gasteiger partial charge >= 0.3 is 11.9 Å². The van der Waals surface area contributed by atoms with E-state index in [4.69, 9.17) is 16.3 Å². The van der Waals surface area contributed by atoms with Crippen LogP contribution in [0.2, 0.25) is 5.02 Å².